The summed E-state index contributed by atoms with van der Waals surface area (Å²) in [5.41, 5.74) is 2.39. The van der Waals surface area contributed by atoms with Crippen molar-refractivity contribution in [1.82, 2.24) is 4.90 Å². The van der Waals surface area contributed by atoms with Gasteiger partial charge in [0, 0.05) is 24.1 Å². The summed E-state index contributed by atoms with van der Waals surface area (Å²) in [5, 5.41) is 0. The van der Waals surface area contributed by atoms with Crippen LogP contribution in [0.1, 0.15) is 30.5 Å². The first-order valence-electron chi connectivity index (χ1n) is 8.96. The number of likely N-dealkylation sites (tertiary alicyclic amines) is 1. The lowest BCUT2D eigenvalue weighted by molar-refractivity contribution is -0.149. The van der Waals surface area contributed by atoms with Gasteiger partial charge in [-0.25, -0.2) is 0 Å². The standard InChI is InChI=1S/C21H23NO3/c1-2-24-21(23)18-12-16-14-25-19-11-7-6-10-17(19)20(16)22(18)13-15-8-4-3-5-9-15/h3-11,16,18,20H,2,12-14H2,1H3. The number of esters is 1. The molecule has 3 atom stereocenters. The number of para-hydroxylation sites is 1. The molecule has 2 aromatic carbocycles. The van der Waals surface area contributed by atoms with E-state index in [9.17, 15) is 4.79 Å². The first kappa shape index (κ1) is 16.2. The monoisotopic (exact) mass is 337 g/mol. The van der Waals surface area contributed by atoms with Crippen molar-refractivity contribution in [3.8, 4) is 5.75 Å². The van der Waals surface area contributed by atoms with Crippen LogP contribution in [0.3, 0.4) is 0 Å². The third-order valence-corrected chi connectivity index (χ3v) is 5.19. The fourth-order valence-electron chi connectivity index (χ4n) is 4.13. The number of rotatable bonds is 4. The van der Waals surface area contributed by atoms with Crippen molar-refractivity contribution in [3.05, 3.63) is 65.7 Å². The first-order chi connectivity index (χ1) is 12.3. The van der Waals surface area contributed by atoms with Crippen molar-refractivity contribution in [2.45, 2.75) is 32.0 Å². The Balaban J connectivity index is 1.70. The van der Waals surface area contributed by atoms with Crippen LogP contribution in [0.15, 0.2) is 54.6 Å². The van der Waals surface area contributed by atoms with Crippen LogP contribution in [0.25, 0.3) is 0 Å². The number of carbonyl (C=O) groups excluding carboxylic acids is 1. The Kier molecular flexibility index (Phi) is 4.45. The summed E-state index contributed by atoms with van der Waals surface area (Å²) in [5.74, 6) is 1.13. The van der Waals surface area contributed by atoms with Gasteiger partial charge in [0.25, 0.3) is 0 Å². The average Bonchev–Trinajstić information content (AvgIpc) is 3.02. The van der Waals surface area contributed by atoms with E-state index < -0.39 is 0 Å². The summed E-state index contributed by atoms with van der Waals surface area (Å²) in [6.07, 6.45) is 0.782. The van der Waals surface area contributed by atoms with E-state index in [2.05, 4.69) is 23.1 Å². The molecule has 2 aliphatic heterocycles. The van der Waals surface area contributed by atoms with Gasteiger partial charge >= 0.3 is 5.97 Å². The zero-order valence-electron chi connectivity index (χ0n) is 14.4. The van der Waals surface area contributed by atoms with Gasteiger partial charge in [-0.05, 0) is 25.0 Å². The van der Waals surface area contributed by atoms with Gasteiger partial charge in [0.05, 0.1) is 13.2 Å². The SMILES string of the molecule is CCOC(=O)C1CC2COc3ccccc3C2N1Cc1ccccc1. The summed E-state index contributed by atoms with van der Waals surface area (Å²) in [6, 6.07) is 18.5. The van der Waals surface area contributed by atoms with Gasteiger partial charge in [-0.3, -0.25) is 9.69 Å². The number of fused-ring (bicyclic) bond motifs is 3. The molecular formula is C21H23NO3. The van der Waals surface area contributed by atoms with Gasteiger partial charge in [-0.15, -0.1) is 0 Å². The van der Waals surface area contributed by atoms with Gasteiger partial charge in [0.1, 0.15) is 11.8 Å². The molecular weight excluding hydrogens is 314 g/mol. The van der Waals surface area contributed by atoms with Crippen LogP contribution >= 0.6 is 0 Å². The van der Waals surface area contributed by atoms with E-state index >= 15 is 0 Å². The van der Waals surface area contributed by atoms with Gasteiger partial charge in [0.15, 0.2) is 0 Å². The molecule has 0 N–H and O–H groups in total. The number of nitrogens with zero attached hydrogens (tertiary/aromatic N) is 1. The fraction of sp³-hybridized carbons (Fsp3) is 0.381. The Morgan fingerprint density at radius 1 is 1.16 bits per heavy atom. The van der Waals surface area contributed by atoms with Crippen LogP contribution < -0.4 is 4.74 Å². The van der Waals surface area contributed by atoms with Gasteiger partial charge in [-0.1, -0.05) is 48.5 Å². The number of ether oxygens (including phenoxy) is 2. The maximum atomic E-state index is 12.6. The summed E-state index contributed by atoms with van der Waals surface area (Å²) in [4.78, 5) is 14.9. The second-order valence-electron chi connectivity index (χ2n) is 6.72. The van der Waals surface area contributed by atoms with Crippen molar-refractivity contribution < 1.29 is 14.3 Å². The lowest BCUT2D eigenvalue weighted by Gasteiger charge is -2.35. The minimum Gasteiger partial charge on any atom is -0.493 e. The molecule has 0 saturated carbocycles. The van der Waals surface area contributed by atoms with Crippen molar-refractivity contribution in [1.29, 1.82) is 0 Å². The quantitative estimate of drug-likeness (QED) is 0.800. The van der Waals surface area contributed by atoms with E-state index in [1.807, 2.05) is 43.3 Å². The summed E-state index contributed by atoms with van der Waals surface area (Å²) < 4.78 is 11.3. The highest BCUT2D eigenvalue weighted by atomic mass is 16.5. The highest BCUT2D eigenvalue weighted by Gasteiger charge is 2.48. The van der Waals surface area contributed by atoms with Crippen LogP contribution in [-0.2, 0) is 16.1 Å². The topological polar surface area (TPSA) is 38.8 Å². The second kappa shape index (κ2) is 6.89. The Hall–Kier alpha value is -2.33. The highest BCUT2D eigenvalue weighted by molar-refractivity contribution is 5.76. The van der Waals surface area contributed by atoms with E-state index in [-0.39, 0.29) is 18.1 Å². The van der Waals surface area contributed by atoms with E-state index in [1.165, 1.54) is 11.1 Å². The molecule has 2 aromatic rings. The summed E-state index contributed by atoms with van der Waals surface area (Å²) in [7, 11) is 0. The van der Waals surface area contributed by atoms with Gasteiger partial charge in [0.2, 0.25) is 0 Å². The third kappa shape index (κ3) is 3.02. The zero-order chi connectivity index (χ0) is 17.2. The summed E-state index contributed by atoms with van der Waals surface area (Å²) in [6.45, 7) is 3.67. The second-order valence-corrected chi connectivity index (χ2v) is 6.72. The van der Waals surface area contributed by atoms with Crippen molar-refractivity contribution in [2.75, 3.05) is 13.2 Å². The van der Waals surface area contributed by atoms with Crippen LogP contribution in [0.5, 0.6) is 5.75 Å². The Morgan fingerprint density at radius 3 is 2.72 bits per heavy atom. The minimum absolute atomic E-state index is 0.120. The maximum Gasteiger partial charge on any atom is 0.323 e. The molecule has 130 valence electrons. The van der Waals surface area contributed by atoms with Crippen LogP contribution in [0.2, 0.25) is 0 Å². The molecule has 4 nitrogen and oxygen atoms in total. The van der Waals surface area contributed by atoms with Crippen molar-refractivity contribution >= 4 is 5.97 Å². The van der Waals surface area contributed by atoms with Crippen LogP contribution in [0.4, 0.5) is 0 Å². The molecule has 0 radical (unpaired) electrons. The molecule has 0 spiro atoms. The highest BCUT2D eigenvalue weighted by Crippen LogP contribution is 2.48. The maximum absolute atomic E-state index is 12.6. The normalized spacial score (nSPS) is 24.9. The lowest BCUT2D eigenvalue weighted by atomic mass is 9.91. The van der Waals surface area contributed by atoms with Gasteiger partial charge < -0.3 is 9.47 Å². The molecule has 1 fully saturated rings. The van der Waals surface area contributed by atoms with Crippen molar-refractivity contribution in [2.24, 2.45) is 5.92 Å². The van der Waals surface area contributed by atoms with Crippen LogP contribution in [0, 0.1) is 5.92 Å². The molecule has 0 amide bonds. The average molecular weight is 337 g/mol. The van der Waals surface area contributed by atoms with Crippen molar-refractivity contribution in [3.63, 3.8) is 0 Å². The third-order valence-electron chi connectivity index (χ3n) is 5.19. The molecule has 0 aromatic heterocycles. The molecule has 2 aliphatic rings. The van der Waals surface area contributed by atoms with E-state index in [4.69, 9.17) is 9.47 Å². The molecule has 0 aliphatic carbocycles. The summed E-state index contributed by atoms with van der Waals surface area (Å²) >= 11 is 0. The Labute approximate surface area is 148 Å². The molecule has 2 heterocycles. The molecule has 0 bridgehead atoms. The molecule has 4 heteroatoms. The number of carbonyl (C=O) groups is 1. The number of benzene rings is 2. The lowest BCUT2D eigenvalue weighted by Crippen LogP contribution is -2.39. The van der Waals surface area contributed by atoms with Gasteiger partial charge in [-0.2, -0.15) is 0 Å². The minimum atomic E-state index is -0.218. The molecule has 1 saturated heterocycles. The molecule has 3 unspecified atom stereocenters. The predicted molar refractivity (Wildman–Crippen MR) is 95.2 cm³/mol. The van der Waals surface area contributed by atoms with Crippen LogP contribution in [-0.4, -0.2) is 30.1 Å². The van der Waals surface area contributed by atoms with E-state index in [0.717, 1.165) is 18.7 Å². The number of hydrogen-bond donors (Lipinski definition) is 0. The Bertz CT molecular complexity index is 746. The fourth-order valence-corrected chi connectivity index (χ4v) is 4.13. The predicted octanol–water partition coefficient (Wildman–Crippen LogP) is 3.57. The Morgan fingerprint density at radius 2 is 1.92 bits per heavy atom. The number of hydrogen-bond acceptors (Lipinski definition) is 4. The molecule has 25 heavy (non-hydrogen) atoms. The smallest absolute Gasteiger partial charge is 0.323 e. The largest absolute Gasteiger partial charge is 0.493 e. The molecule has 4 rings (SSSR count). The first-order valence-corrected chi connectivity index (χ1v) is 8.96. The van der Waals surface area contributed by atoms with E-state index in [1.54, 1.807) is 0 Å². The van der Waals surface area contributed by atoms with E-state index in [0.29, 0.717) is 19.1 Å². The zero-order valence-corrected chi connectivity index (χ0v) is 14.4.